The number of fused-ring (bicyclic) bond motifs is 1. The molecule has 2 aliphatic rings. The molecule has 3 aromatic rings. The molecular formula is C28H33FN4O2S2. The minimum Gasteiger partial charge on any atom is -0.341 e. The van der Waals surface area contributed by atoms with Gasteiger partial charge in [-0.05, 0) is 65.4 Å². The van der Waals surface area contributed by atoms with Gasteiger partial charge >= 0.3 is 0 Å². The Morgan fingerprint density at radius 1 is 1.14 bits per heavy atom. The smallest absolute Gasteiger partial charge is 0.242 e. The Bertz CT molecular complexity index is 1270. The SMILES string of the molecule is CC1CCN(C(=O)CN2C(=O)CSC(c3ccsc3)c3c(C(C)(C)C)nn(-c4ccc(F)cc4)c32)CC1. The lowest BCUT2D eigenvalue weighted by Crippen LogP contribution is -2.46. The van der Waals surface area contributed by atoms with Crippen LogP contribution in [0.15, 0.2) is 41.1 Å². The average Bonchev–Trinajstić information content (AvgIpc) is 3.50. The van der Waals surface area contributed by atoms with E-state index >= 15 is 0 Å². The maximum absolute atomic E-state index is 13.8. The van der Waals surface area contributed by atoms with E-state index < -0.39 is 0 Å². The van der Waals surface area contributed by atoms with Crippen LogP contribution in [0.3, 0.4) is 0 Å². The first kappa shape index (κ1) is 26.0. The van der Waals surface area contributed by atoms with Gasteiger partial charge in [0, 0.05) is 24.1 Å². The van der Waals surface area contributed by atoms with Crippen molar-refractivity contribution in [1.82, 2.24) is 14.7 Å². The molecular weight excluding hydrogens is 507 g/mol. The van der Waals surface area contributed by atoms with Crippen LogP contribution in [-0.2, 0) is 15.0 Å². The normalized spacial score (nSPS) is 19.2. The number of benzene rings is 1. The van der Waals surface area contributed by atoms with Crippen molar-refractivity contribution in [3.8, 4) is 5.69 Å². The Hall–Kier alpha value is -2.65. The van der Waals surface area contributed by atoms with E-state index in [0.717, 1.165) is 29.7 Å². The van der Waals surface area contributed by atoms with Crippen LogP contribution in [0.5, 0.6) is 0 Å². The molecule has 1 atom stereocenters. The number of halogens is 1. The first-order chi connectivity index (χ1) is 17.6. The number of hydrogen-bond donors (Lipinski definition) is 0. The van der Waals surface area contributed by atoms with Gasteiger partial charge in [0.05, 0.1) is 22.4 Å². The summed E-state index contributed by atoms with van der Waals surface area (Å²) in [6.45, 7) is 9.93. The molecule has 9 heteroatoms. The fourth-order valence-electron chi connectivity index (χ4n) is 5.02. The summed E-state index contributed by atoms with van der Waals surface area (Å²) >= 11 is 3.20. The summed E-state index contributed by atoms with van der Waals surface area (Å²) in [5, 5.41) is 9.10. The summed E-state index contributed by atoms with van der Waals surface area (Å²) in [6, 6.07) is 8.22. The van der Waals surface area contributed by atoms with Crippen molar-refractivity contribution < 1.29 is 14.0 Å². The van der Waals surface area contributed by atoms with Crippen molar-refractivity contribution in [2.75, 3.05) is 30.3 Å². The third-order valence-corrected chi connectivity index (χ3v) is 9.10. The van der Waals surface area contributed by atoms with E-state index in [2.05, 4.69) is 39.1 Å². The fraction of sp³-hybridized carbons (Fsp3) is 0.464. The summed E-state index contributed by atoms with van der Waals surface area (Å²) < 4.78 is 15.6. The molecule has 2 amide bonds. The van der Waals surface area contributed by atoms with Crippen molar-refractivity contribution >= 4 is 40.7 Å². The number of thiophene rings is 1. The zero-order valence-electron chi connectivity index (χ0n) is 21.7. The average molecular weight is 541 g/mol. The minimum atomic E-state index is -0.341. The number of carbonyl (C=O) groups excluding carboxylic acids is 2. The van der Waals surface area contributed by atoms with Crippen molar-refractivity contribution in [3.63, 3.8) is 0 Å². The quantitative estimate of drug-likeness (QED) is 0.420. The lowest BCUT2D eigenvalue weighted by atomic mass is 9.87. The number of thioether (sulfide) groups is 1. The molecule has 5 rings (SSSR count). The molecule has 196 valence electrons. The molecule has 4 heterocycles. The predicted octanol–water partition coefficient (Wildman–Crippen LogP) is 5.80. The Kier molecular flexibility index (Phi) is 7.20. The topological polar surface area (TPSA) is 58.4 Å². The highest BCUT2D eigenvalue weighted by molar-refractivity contribution is 8.00. The van der Waals surface area contributed by atoms with Gasteiger partial charge in [0.1, 0.15) is 18.2 Å². The standard InChI is InChI=1S/C28H33FN4O2S2/c1-18-9-12-31(13-10-18)22(34)15-32-23(35)17-37-25(19-11-14-36-16-19)24-26(28(2,3)4)30-33(27(24)32)21-7-5-20(29)6-8-21/h5-8,11,14,16,18,25H,9-10,12-13,15,17H2,1-4H3. The Morgan fingerprint density at radius 2 is 1.84 bits per heavy atom. The molecule has 1 fully saturated rings. The van der Waals surface area contributed by atoms with E-state index in [1.807, 2.05) is 10.3 Å². The second kappa shape index (κ2) is 10.3. The van der Waals surface area contributed by atoms with Gasteiger partial charge in [0.25, 0.3) is 0 Å². The molecule has 1 aromatic carbocycles. The third kappa shape index (κ3) is 5.21. The van der Waals surface area contributed by atoms with Crippen LogP contribution >= 0.6 is 23.1 Å². The molecule has 0 saturated carbocycles. The first-order valence-corrected chi connectivity index (χ1v) is 14.7. The number of amides is 2. The molecule has 6 nitrogen and oxygen atoms in total. The zero-order chi connectivity index (χ0) is 26.3. The molecule has 0 spiro atoms. The second-order valence-electron chi connectivity index (χ2n) is 11.0. The van der Waals surface area contributed by atoms with Gasteiger partial charge in [-0.3, -0.25) is 14.5 Å². The lowest BCUT2D eigenvalue weighted by Gasteiger charge is -2.32. The van der Waals surface area contributed by atoms with Crippen molar-refractivity contribution in [2.24, 2.45) is 5.92 Å². The van der Waals surface area contributed by atoms with Crippen LogP contribution in [0.4, 0.5) is 10.2 Å². The minimum absolute atomic E-state index is 0.0341. The Balaban J connectivity index is 1.68. The zero-order valence-corrected chi connectivity index (χ0v) is 23.4. The number of carbonyl (C=O) groups is 2. The van der Waals surface area contributed by atoms with Gasteiger partial charge < -0.3 is 4.90 Å². The molecule has 37 heavy (non-hydrogen) atoms. The Labute approximate surface area is 225 Å². The fourth-order valence-corrected chi connectivity index (χ4v) is 6.98. The van der Waals surface area contributed by atoms with Gasteiger partial charge in [-0.15, -0.1) is 11.8 Å². The molecule has 0 aliphatic carbocycles. The molecule has 1 unspecified atom stereocenters. The van der Waals surface area contributed by atoms with E-state index in [0.29, 0.717) is 30.5 Å². The van der Waals surface area contributed by atoms with Crippen LogP contribution < -0.4 is 4.90 Å². The summed E-state index contributed by atoms with van der Waals surface area (Å²) in [7, 11) is 0. The predicted molar refractivity (Wildman–Crippen MR) is 148 cm³/mol. The number of aromatic nitrogens is 2. The number of hydrogen-bond acceptors (Lipinski definition) is 5. The van der Waals surface area contributed by atoms with Crippen molar-refractivity contribution in [1.29, 1.82) is 0 Å². The van der Waals surface area contributed by atoms with E-state index in [4.69, 9.17) is 5.10 Å². The van der Waals surface area contributed by atoms with E-state index in [-0.39, 0.29) is 40.6 Å². The van der Waals surface area contributed by atoms with Crippen molar-refractivity contribution in [3.05, 3.63) is 63.7 Å². The third-order valence-electron chi connectivity index (χ3n) is 7.15. The van der Waals surface area contributed by atoms with Gasteiger partial charge in [0.2, 0.25) is 11.8 Å². The van der Waals surface area contributed by atoms with Crippen LogP contribution in [0.2, 0.25) is 0 Å². The summed E-state index contributed by atoms with van der Waals surface area (Å²) in [4.78, 5) is 30.7. The van der Waals surface area contributed by atoms with Gasteiger partial charge in [-0.1, -0.05) is 27.7 Å². The number of anilines is 1. The monoisotopic (exact) mass is 540 g/mol. The second-order valence-corrected chi connectivity index (χ2v) is 12.9. The van der Waals surface area contributed by atoms with Crippen LogP contribution in [0.25, 0.3) is 5.69 Å². The molecule has 2 aromatic heterocycles. The highest BCUT2D eigenvalue weighted by atomic mass is 32.2. The van der Waals surface area contributed by atoms with Gasteiger partial charge in [-0.2, -0.15) is 16.4 Å². The highest BCUT2D eigenvalue weighted by Crippen LogP contribution is 2.48. The molecule has 2 aliphatic heterocycles. The number of likely N-dealkylation sites (tertiary alicyclic amines) is 1. The molecule has 1 saturated heterocycles. The Morgan fingerprint density at radius 3 is 2.46 bits per heavy atom. The molecule has 0 N–H and O–H groups in total. The lowest BCUT2D eigenvalue weighted by molar-refractivity contribution is -0.132. The number of piperidine rings is 1. The van der Waals surface area contributed by atoms with Crippen LogP contribution in [0.1, 0.15) is 62.6 Å². The van der Waals surface area contributed by atoms with E-state index in [1.54, 1.807) is 44.8 Å². The van der Waals surface area contributed by atoms with Crippen LogP contribution in [0, 0.1) is 11.7 Å². The van der Waals surface area contributed by atoms with Gasteiger partial charge in [-0.25, -0.2) is 9.07 Å². The first-order valence-electron chi connectivity index (χ1n) is 12.7. The van der Waals surface area contributed by atoms with E-state index in [9.17, 15) is 14.0 Å². The molecule has 0 radical (unpaired) electrons. The highest BCUT2D eigenvalue weighted by Gasteiger charge is 2.40. The maximum Gasteiger partial charge on any atom is 0.242 e. The summed E-state index contributed by atoms with van der Waals surface area (Å²) in [6.07, 6.45) is 1.95. The van der Waals surface area contributed by atoms with Crippen molar-refractivity contribution in [2.45, 2.75) is 51.2 Å². The summed E-state index contributed by atoms with van der Waals surface area (Å²) in [5.41, 5.74) is 3.27. The van der Waals surface area contributed by atoms with Gasteiger partial charge in [0.15, 0.2) is 0 Å². The number of nitrogens with zero attached hydrogens (tertiary/aromatic N) is 4. The van der Waals surface area contributed by atoms with E-state index in [1.165, 1.54) is 12.1 Å². The summed E-state index contributed by atoms with van der Waals surface area (Å²) in [5.74, 6) is 0.967. The number of rotatable bonds is 4. The largest absolute Gasteiger partial charge is 0.341 e. The van der Waals surface area contributed by atoms with Crippen LogP contribution in [-0.4, -0.2) is 51.9 Å². The maximum atomic E-state index is 13.8. The molecule has 0 bridgehead atoms.